The molecule has 1 fully saturated rings. The molecule has 0 atom stereocenters. The molecule has 4 nitrogen and oxygen atoms in total. The second-order valence-corrected chi connectivity index (χ2v) is 9.59. The molecule has 0 bridgehead atoms. The van der Waals surface area contributed by atoms with E-state index in [0.29, 0.717) is 24.4 Å². The molecule has 0 aromatic heterocycles. The van der Waals surface area contributed by atoms with E-state index in [0.717, 1.165) is 58.8 Å². The number of rotatable bonds is 5. The summed E-state index contributed by atoms with van der Waals surface area (Å²) >= 11 is 0. The van der Waals surface area contributed by atoms with Crippen LogP contribution in [0.15, 0.2) is 71.4 Å². The maximum Gasteiger partial charge on any atom is 0.229 e. The highest BCUT2D eigenvalue weighted by molar-refractivity contribution is 6.43. The third-order valence-electron chi connectivity index (χ3n) is 7.04. The Kier molecular flexibility index (Phi) is 6.84. The average Bonchev–Trinajstić information content (AvgIpc) is 2.88. The lowest BCUT2D eigenvalue weighted by Gasteiger charge is -2.24. The van der Waals surface area contributed by atoms with Crippen LogP contribution < -0.4 is 5.32 Å². The van der Waals surface area contributed by atoms with Crippen LogP contribution in [0.5, 0.6) is 0 Å². The van der Waals surface area contributed by atoms with Gasteiger partial charge in [-0.3, -0.25) is 4.79 Å². The number of hydrogen-bond acceptors (Lipinski definition) is 3. The number of aryl methyl sites for hydroxylation is 1. The van der Waals surface area contributed by atoms with Gasteiger partial charge in [0.05, 0.1) is 12.1 Å². The van der Waals surface area contributed by atoms with Gasteiger partial charge in [-0.05, 0) is 71.4 Å². The van der Waals surface area contributed by atoms with Crippen molar-refractivity contribution in [1.29, 1.82) is 5.41 Å². The highest BCUT2D eigenvalue weighted by Gasteiger charge is 2.24. The summed E-state index contributed by atoms with van der Waals surface area (Å²) in [5.41, 5.74) is 4.07. The molecule has 0 saturated heterocycles. The smallest absolute Gasteiger partial charge is 0.229 e. The SMILES string of the molecule is N=C(C(=NC1=Cc2ccc(F)cc2CC1)NC(=O)Cc1ccc2ccccc2c1)C1CCCCC1. The third kappa shape index (κ3) is 5.56. The molecule has 5 rings (SSSR count). The molecule has 35 heavy (non-hydrogen) atoms. The lowest BCUT2D eigenvalue weighted by atomic mass is 9.85. The largest absolute Gasteiger partial charge is 0.309 e. The summed E-state index contributed by atoms with van der Waals surface area (Å²) in [5.74, 6) is 0.0804. The average molecular weight is 468 g/mol. The first-order valence-electron chi connectivity index (χ1n) is 12.5. The number of amides is 1. The van der Waals surface area contributed by atoms with E-state index < -0.39 is 0 Å². The first-order valence-corrected chi connectivity index (χ1v) is 12.5. The molecule has 3 aromatic carbocycles. The van der Waals surface area contributed by atoms with Crippen LogP contribution in [0, 0.1) is 17.1 Å². The maximum atomic E-state index is 13.6. The molecule has 1 amide bonds. The number of benzene rings is 3. The molecule has 2 aliphatic carbocycles. The minimum absolute atomic E-state index is 0.119. The predicted molar refractivity (Wildman–Crippen MR) is 140 cm³/mol. The summed E-state index contributed by atoms with van der Waals surface area (Å²) in [6.07, 6.45) is 8.84. The number of nitrogens with one attached hydrogen (secondary N) is 2. The lowest BCUT2D eigenvalue weighted by Crippen LogP contribution is -2.40. The van der Waals surface area contributed by atoms with Crippen molar-refractivity contribution in [2.45, 2.75) is 51.4 Å². The van der Waals surface area contributed by atoms with Gasteiger partial charge < -0.3 is 10.7 Å². The molecule has 5 heteroatoms. The van der Waals surface area contributed by atoms with Gasteiger partial charge in [-0.1, -0.05) is 67.8 Å². The lowest BCUT2D eigenvalue weighted by molar-refractivity contribution is -0.119. The summed E-state index contributed by atoms with van der Waals surface area (Å²) < 4.78 is 13.6. The molecule has 2 aliphatic rings. The summed E-state index contributed by atoms with van der Waals surface area (Å²) in [6.45, 7) is 0. The summed E-state index contributed by atoms with van der Waals surface area (Å²) in [6, 6.07) is 18.9. The standard InChI is InChI=1S/C30H30FN3O/c31-26-14-12-25-19-27(15-13-24(25)18-26)33-30(29(32)22-7-2-1-3-8-22)34-28(35)17-20-10-11-21-6-4-5-9-23(21)16-20/h4-6,9-12,14,16,18-19,22,32H,1-3,7-8,13,15,17H2,(H,33,34,35). The number of amidine groups is 1. The van der Waals surface area contributed by atoms with Gasteiger partial charge in [0.25, 0.3) is 0 Å². The minimum atomic E-state index is -0.232. The second-order valence-electron chi connectivity index (χ2n) is 9.59. The fourth-order valence-electron chi connectivity index (χ4n) is 5.13. The molecule has 0 spiro atoms. The Hall–Kier alpha value is -3.60. The van der Waals surface area contributed by atoms with Crippen LogP contribution in [0.4, 0.5) is 4.39 Å². The van der Waals surface area contributed by atoms with Crippen molar-refractivity contribution < 1.29 is 9.18 Å². The Morgan fingerprint density at radius 3 is 2.60 bits per heavy atom. The van der Waals surface area contributed by atoms with E-state index in [2.05, 4.69) is 11.4 Å². The molecule has 0 aliphatic heterocycles. The molecule has 0 heterocycles. The molecular weight excluding hydrogens is 437 g/mol. The Balaban J connectivity index is 1.39. The Morgan fingerprint density at radius 1 is 0.971 bits per heavy atom. The van der Waals surface area contributed by atoms with Gasteiger partial charge in [0, 0.05) is 11.6 Å². The van der Waals surface area contributed by atoms with Crippen molar-refractivity contribution in [2.24, 2.45) is 10.9 Å². The van der Waals surface area contributed by atoms with Crippen LogP contribution in [0.1, 0.15) is 55.2 Å². The normalized spacial score (nSPS) is 16.5. The van der Waals surface area contributed by atoms with E-state index in [1.807, 2.05) is 42.5 Å². The summed E-state index contributed by atoms with van der Waals surface area (Å²) in [7, 11) is 0. The second kappa shape index (κ2) is 10.3. The van der Waals surface area contributed by atoms with Gasteiger partial charge in [0.2, 0.25) is 5.91 Å². The van der Waals surface area contributed by atoms with Gasteiger partial charge in [0.1, 0.15) is 5.82 Å². The van der Waals surface area contributed by atoms with Gasteiger partial charge >= 0.3 is 0 Å². The van der Waals surface area contributed by atoms with Crippen LogP contribution in [0.2, 0.25) is 0 Å². The molecule has 0 radical (unpaired) electrons. The maximum absolute atomic E-state index is 13.6. The van der Waals surface area contributed by atoms with Crippen LogP contribution >= 0.6 is 0 Å². The monoisotopic (exact) mass is 467 g/mol. The summed E-state index contributed by atoms with van der Waals surface area (Å²) in [4.78, 5) is 17.9. The van der Waals surface area contributed by atoms with E-state index in [1.165, 1.54) is 12.5 Å². The number of carbonyl (C=O) groups is 1. The van der Waals surface area contributed by atoms with E-state index in [4.69, 9.17) is 10.4 Å². The van der Waals surface area contributed by atoms with Crippen LogP contribution in [-0.2, 0) is 17.6 Å². The number of aliphatic imine (C=N–C) groups is 1. The number of fused-ring (bicyclic) bond motifs is 2. The topological polar surface area (TPSA) is 65.3 Å². The highest BCUT2D eigenvalue weighted by Crippen LogP contribution is 2.28. The number of nitrogens with zero attached hydrogens (tertiary/aromatic N) is 1. The number of hydrogen-bond donors (Lipinski definition) is 2. The molecule has 0 unspecified atom stereocenters. The Morgan fingerprint density at radius 2 is 1.77 bits per heavy atom. The van der Waals surface area contributed by atoms with Crippen molar-refractivity contribution in [3.63, 3.8) is 0 Å². The van der Waals surface area contributed by atoms with Crippen molar-refractivity contribution >= 4 is 34.3 Å². The molecular formula is C30H30FN3O. The van der Waals surface area contributed by atoms with Crippen LogP contribution in [0.25, 0.3) is 16.8 Å². The fraction of sp³-hybridized carbons (Fsp3) is 0.300. The van der Waals surface area contributed by atoms with Gasteiger partial charge in [-0.2, -0.15) is 0 Å². The third-order valence-corrected chi connectivity index (χ3v) is 7.04. The zero-order valence-electron chi connectivity index (χ0n) is 19.8. The Labute approximate surface area is 205 Å². The van der Waals surface area contributed by atoms with Gasteiger partial charge in [0.15, 0.2) is 5.84 Å². The van der Waals surface area contributed by atoms with E-state index in [1.54, 1.807) is 12.1 Å². The van der Waals surface area contributed by atoms with E-state index in [-0.39, 0.29) is 24.1 Å². The van der Waals surface area contributed by atoms with Crippen molar-refractivity contribution in [3.05, 3.63) is 88.9 Å². The first-order chi connectivity index (χ1) is 17.0. The molecule has 1 saturated carbocycles. The number of halogens is 1. The molecule has 2 N–H and O–H groups in total. The molecule has 3 aromatic rings. The number of carbonyl (C=O) groups excluding carboxylic acids is 1. The van der Waals surface area contributed by atoms with Crippen LogP contribution in [-0.4, -0.2) is 17.5 Å². The van der Waals surface area contributed by atoms with Crippen molar-refractivity contribution in [2.75, 3.05) is 0 Å². The van der Waals surface area contributed by atoms with Gasteiger partial charge in [-0.25, -0.2) is 9.38 Å². The highest BCUT2D eigenvalue weighted by atomic mass is 19.1. The Bertz CT molecular complexity index is 1330. The first kappa shape index (κ1) is 23.2. The number of allylic oxidation sites excluding steroid dienone is 1. The zero-order valence-corrected chi connectivity index (χ0v) is 19.8. The predicted octanol–water partition coefficient (Wildman–Crippen LogP) is 6.62. The fourth-order valence-corrected chi connectivity index (χ4v) is 5.13. The quantitative estimate of drug-likeness (QED) is 0.321. The minimum Gasteiger partial charge on any atom is -0.309 e. The molecule has 178 valence electrons. The van der Waals surface area contributed by atoms with E-state index >= 15 is 0 Å². The van der Waals surface area contributed by atoms with Crippen molar-refractivity contribution in [3.8, 4) is 0 Å². The van der Waals surface area contributed by atoms with Crippen LogP contribution in [0.3, 0.4) is 0 Å². The zero-order chi connectivity index (χ0) is 24.2. The van der Waals surface area contributed by atoms with E-state index in [9.17, 15) is 9.18 Å². The van der Waals surface area contributed by atoms with Crippen molar-refractivity contribution in [1.82, 2.24) is 5.32 Å². The van der Waals surface area contributed by atoms with Gasteiger partial charge in [-0.15, -0.1) is 0 Å². The summed E-state index contributed by atoms with van der Waals surface area (Å²) in [5, 5.41) is 14.1.